The van der Waals surface area contributed by atoms with Gasteiger partial charge in [-0.05, 0) is 36.2 Å². The van der Waals surface area contributed by atoms with Crippen molar-refractivity contribution in [3.8, 4) is 11.5 Å². The molecule has 0 radical (unpaired) electrons. The number of amides is 1. The van der Waals surface area contributed by atoms with Gasteiger partial charge in [0.1, 0.15) is 0 Å². The third-order valence-electron chi connectivity index (χ3n) is 3.21. The number of benzene rings is 2. The van der Waals surface area contributed by atoms with E-state index in [1.165, 1.54) is 0 Å². The van der Waals surface area contributed by atoms with E-state index in [0.717, 1.165) is 0 Å². The Bertz CT molecular complexity index is 684. The van der Waals surface area contributed by atoms with E-state index in [0.29, 0.717) is 41.0 Å². The highest BCUT2D eigenvalue weighted by Gasteiger charge is 2.12. The number of anilines is 2. The highest BCUT2D eigenvalue weighted by atomic mass is 16.5. The summed E-state index contributed by atoms with van der Waals surface area (Å²) in [5.74, 6) is 1.30. The number of nitrogens with two attached hydrogens (primary N) is 1. The summed E-state index contributed by atoms with van der Waals surface area (Å²) in [5, 5.41) is 2.79. The summed E-state index contributed by atoms with van der Waals surface area (Å²) in [6, 6.07) is 12.2. The first-order valence-electron chi connectivity index (χ1n) is 7.48. The van der Waals surface area contributed by atoms with Crippen molar-refractivity contribution >= 4 is 17.3 Å². The first kappa shape index (κ1) is 16.7. The van der Waals surface area contributed by atoms with Crippen LogP contribution in [0.3, 0.4) is 0 Å². The predicted octanol–water partition coefficient (Wildman–Crippen LogP) is 3.56. The van der Waals surface area contributed by atoms with Crippen LogP contribution in [-0.2, 0) is 0 Å². The Labute approximate surface area is 136 Å². The van der Waals surface area contributed by atoms with Gasteiger partial charge in [0, 0.05) is 5.56 Å². The lowest BCUT2D eigenvalue weighted by molar-refractivity contribution is 0.102. The first-order valence-corrected chi connectivity index (χ1v) is 7.48. The zero-order valence-corrected chi connectivity index (χ0v) is 13.6. The molecule has 3 N–H and O–H groups in total. The lowest BCUT2D eigenvalue weighted by atomic mass is 10.1. The molecule has 2 aromatic carbocycles. The van der Waals surface area contributed by atoms with Gasteiger partial charge in [0.25, 0.3) is 5.91 Å². The van der Waals surface area contributed by atoms with E-state index in [2.05, 4.69) is 19.2 Å². The molecule has 5 nitrogen and oxygen atoms in total. The SMILES string of the molecule is COc1cc(C(=O)Nc2ccccc2N)ccc1OCC(C)C. The molecule has 0 unspecified atom stereocenters. The number of nitrogen functional groups attached to an aromatic ring is 1. The molecular weight excluding hydrogens is 292 g/mol. The maximum absolute atomic E-state index is 12.3. The van der Waals surface area contributed by atoms with E-state index in [4.69, 9.17) is 15.2 Å². The monoisotopic (exact) mass is 314 g/mol. The third-order valence-corrected chi connectivity index (χ3v) is 3.21. The van der Waals surface area contributed by atoms with E-state index in [1.54, 1.807) is 37.4 Å². The molecule has 5 heteroatoms. The van der Waals surface area contributed by atoms with Crippen LogP contribution in [0.5, 0.6) is 11.5 Å². The van der Waals surface area contributed by atoms with Gasteiger partial charge >= 0.3 is 0 Å². The Morgan fingerprint density at radius 1 is 1.17 bits per heavy atom. The van der Waals surface area contributed by atoms with Gasteiger partial charge in [0.2, 0.25) is 0 Å². The Balaban J connectivity index is 2.16. The lowest BCUT2D eigenvalue weighted by Gasteiger charge is -2.14. The summed E-state index contributed by atoms with van der Waals surface area (Å²) in [7, 11) is 1.55. The van der Waals surface area contributed by atoms with Crippen LogP contribution in [-0.4, -0.2) is 19.6 Å². The fourth-order valence-electron chi connectivity index (χ4n) is 1.99. The molecule has 0 spiro atoms. The van der Waals surface area contributed by atoms with Crippen LogP contribution in [0.15, 0.2) is 42.5 Å². The molecule has 2 aromatic rings. The average molecular weight is 314 g/mol. The number of methoxy groups -OCH3 is 1. The van der Waals surface area contributed by atoms with E-state index in [-0.39, 0.29) is 5.91 Å². The number of carbonyl (C=O) groups excluding carboxylic acids is 1. The van der Waals surface area contributed by atoms with Crippen molar-refractivity contribution in [3.63, 3.8) is 0 Å². The van der Waals surface area contributed by atoms with E-state index < -0.39 is 0 Å². The molecule has 0 aliphatic rings. The molecule has 0 heterocycles. The van der Waals surface area contributed by atoms with Crippen molar-refractivity contribution < 1.29 is 14.3 Å². The Hall–Kier alpha value is -2.69. The van der Waals surface area contributed by atoms with Gasteiger partial charge < -0.3 is 20.5 Å². The largest absolute Gasteiger partial charge is 0.493 e. The number of ether oxygens (including phenoxy) is 2. The van der Waals surface area contributed by atoms with E-state index in [9.17, 15) is 4.79 Å². The topological polar surface area (TPSA) is 73.6 Å². The first-order chi connectivity index (χ1) is 11.0. The predicted molar refractivity (Wildman–Crippen MR) is 92.1 cm³/mol. The van der Waals surface area contributed by atoms with Crippen LogP contribution < -0.4 is 20.5 Å². The summed E-state index contributed by atoms with van der Waals surface area (Å²) in [5.41, 5.74) is 7.41. The van der Waals surface area contributed by atoms with Crippen molar-refractivity contribution in [1.29, 1.82) is 0 Å². The molecular formula is C18H22N2O3. The molecule has 0 aromatic heterocycles. The minimum Gasteiger partial charge on any atom is -0.493 e. The number of para-hydroxylation sites is 2. The summed E-state index contributed by atoms with van der Waals surface area (Å²) < 4.78 is 11.0. The Morgan fingerprint density at radius 3 is 2.57 bits per heavy atom. The Kier molecular flexibility index (Phi) is 5.46. The van der Waals surface area contributed by atoms with Gasteiger partial charge in [0.15, 0.2) is 11.5 Å². The van der Waals surface area contributed by atoms with Crippen LogP contribution in [0.25, 0.3) is 0 Å². The van der Waals surface area contributed by atoms with Gasteiger partial charge in [-0.2, -0.15) is 0 Å². The highest BCUT2D eigenvalue weighted by Crippen LogP contribution is 2.29. The summed E-state index contributed by atoms with van der Waals surface area (Å²) in [4.78, 5) is 12.3. The lowest BCUT2D eigenvalue weighted by Crippen LogP contribution is -2.13. The second-order valence-electron chi connectivity index (χ2n) is 5.61. The van der Waals surface area contributed by atoms with E-state index >= 15 is 0 Å². The smallest absolute Gasteiger partial charge is 0.255 e. The molecule has 1 amide bonds. The van der Waals surface area contributed by atoms with Gasteiger partial charge in [-0.25, -0.2) is 0 Å². The summed E-state index contributed by atoms with van der Waals surface area (Å²) in [6.07, 6.45) is 0. The van der Waals surface area contributed by atoms with Crippen LogP contribution in [0, 0.1) is 5.92 Å². The van der Waals surface area contributed by atoms with Crippen LogP contribution in [0.1, 0.15) is 24.2 Å². The van der Waals surface area contributed by atoms with Crippen molar-refractivity contribution in [2.75, 3.05) is 24.8 Å². The minimum absolute atomic E-state index is 0.253. The van der Waals surface area contributed by atoms with Crippen molar-refractivity contribution in [2.24, 2.45) is 5.92 Å². The normalized spacial score (nSPS) is 10.4. The van der Waals surface area contributed by atoms with Gasteiger partial charge in [-0.1, -0.05) is 26.0 Å². The highest BCUT2D eigenvalue weighted by molar-refractivity contribution is 6.06. The number of carbonyl (C=O) groups is 1. The molecule has 0 aliphatic carbocycles. The molecule has 0 bridgehead atoms. The molecule has 0 aliphatic heterocycles. The van der Waals surface area contributed by atoms with Crippen LogP contribution >= 0.6 is 0 Å². The van der Waals surface area contributed by atoms with Crippen molar-refractivity contribution in [2.45, 2.75) is 13.8 Å². The van der Waals surface area contributed by atoms with Crippen molar-refractivity contribution in [3.05, 3.63) is 48.0 Å². The average Bonchev–Trinajstić information content (AvgIpc) is 2.54. The molecule has 0 fully saturated rings. The standard InChI is InChI=1S/C18H22N2O3/c1-12(2)11-23-16-9-8-13(10-17(16)22-3)18(21)20-15-7-5-4-6-14(15)19/h4-10,12H,11,19H2,1-3H3,(H,20,21). The molecule has 0 atom stereocenters. The zero-order valence-electron chi connectivity index (χ0n) is 13.6. The Morgan fingerprint density at radius 2 is 1.91 bits per heavy atom. The van der Waals surface area contributed by atoms with E-state index in [1.807, 2.05) is 12.1 Å². The molecule has 0 saturated heterocycles. The maximum Gasteiger partial charge on any atom is 0.255 e. The van der Waals surface area contributed by atoms with Crippen molar-refractivity contribution in [1.82, 2.24) is 0 Å². The quantitative estimate of drug-likeness (QED) is 0.800. The zero-order chi connectivity index (χ0) is 16.8. The fraction of sp³-hybridized carbons (Fsp3) is 0.278. The molecule has 122 valence electrons. The van der Waals surface area contributed by atoms with Gasteiger partial charge in [-0.3, -0.25) is 4.79 Å². The second kappa shape index (κ2) is 7.54. The minimum atomic E-state index is -0.253. The fourth-order valence-corrected chi connectivity index (χ4v) is 1.99. The maximum atomic E-state index is 12.3. The molecule has 0 saturated carbocycles. The van der Waals surface area contributed by atoms with Crippen LogP contribution in [0.2, 0.25) is 0 Å². The molecule has 2 rings (SSSR count). The second-order valence-corrected chi connectivity index (χ2v) is 5.61. The molecule has 23 heavy (non-hydrogen) atoms. The third kappa shape index (κ3) is 4.39. The summed E-state index contributed by atoms with van der Waals surface area (Å²) in [6.45, 7) is 4.72. The van der Waals surface area contributed by atoms with Crippen LogP contribution in [0.4, 0.5) is 11.4 Å². The number of nitrogens with one attached hydrogen (secondary N) is 1. The number of rotatable bonds is 6. The number of hydrogen-bond donors (Lipinski definition) is 2. The van der Waals surface area contributed by atoms with Gasteiger partial charge in [0.05, 0.1) is 25.1 Å². The summed E-state index contributed by atoms with van der Waals surface area (Å²) >= 11 is 0. The number of hydrogen-bond acceptors (Lipinski definition) is 4. The van der Waals surface area contributed by atoms with Gasteiger partial charge in [-0.15, -0.1) is 0 Å².